The molecule has 0 aromatic heterocycles. The number of methoxy groups -OCH3 is 2. The van der Waals surface area contributed by atoms with E-state index in [1.807, 2.05) is 0 Å². The Balaban J connectivity index is 2.92. The molecule has 1 unspecified atom stereocenters. The number of nitrogen functional groups attached to an aromatic ring is 1. The van der Waals surface area contributed by atoms with Crippen molar-refractivity contribution >= 4 is 31.6 Å². The van der Waals surface area contributed by atoms with Crippen molar-refractivity contribution in [1.29, 1.82) is 0 Å². The Morgan fingerprint density at radius 3 is 2.60 bits per heavy atom. The molecule has 0 heterocycles. The predicted octanol–water partition coefficient (Wildman–Crippen LogP) is 1.28. The Morgan fingerprint density at radius 1 is 1.40 bits per heavy atom. The maximum Gasteiger partial charge on any atom is 0.240 e. The number of halogens is 1. The van der Waals surface area contributed by atoms with Crippen LogP contribution in [0.2, 0.25) is 0 Å². The molecule has 1 atom stereocenters. The highest BCUT2D eigenvalue weighted by Gasteiger charge is 2.20. The second-order valence-electron chi connectivity index (χ2n) is 4.30. The highest BCUT2D eigenvalue weighted by Crippen LogP contribution is 2.26. The molecule has 0 saturated heterocycles. The Labute approximate surface area is 127 Å². The van der Waals surface area contributed by atoms with Crippen molar-refractivity contribution < 1.29 is 17.9 Å². The lowest BCUT2D eigenvalue weighted by molar-refractivity contribution is 0.0320. The average Bonchev–Trinajstić information content (AvgIpc) is 2.38. The summed E-state index contributed by atoms with van der Waals surface area (Å²) in [6, 6.07) is 3.10. The van der Waals surface area contributed by atoms with Crippen molar-refractivity contribution in [2.45, 2.75) is 17.9 Å². The molecule has 0 saturated carbocycles. The number of nitrogens with two attached hydrogens (primary N) is 1. The molecule has 1 rings (SSSR count). The molecule has 3 N–H and O–H groups in total. The summed E-state index contributed by atoms with van der Waals surface area (Å²) in [7, 11) is -0.611. The van der Waals surface area contributed by atoms with Crippen molar-refractivity contribution in [2.75, 3.05) is 33.1 Å². The second kappa shape index (κ2) is 7.37. The van der Waals surface area contributed by atoms with Gasteiger partial charge in [0.25, 0.3) is 0 Å². The summed E-state index contributed by atoms with van der Waals surface area (Å²) < 4.78 is 37.7. The van der Waals surface area contributed by atoms with Gasteiger partial charge in [-0.1, -0.05) is 0 Å². The Kier molecular flexibility index (Phi) is 6.41. The van der Waals surface area contributed by atoms with Gasteiger partial charge in [-0.05, 0) is 40.5 Å². The van der Waals surface area contributed by atoms with E-state index >= 15 is 0 Å². The molecule has 0 aliphatic heterocycles. The molecule has 6 nitrogen and oxygen atoms in total. The van der Waals surface area contributed by atoms with Gasteiger partial charge in [0.15, 0.2) is 0 Å². The zero-order valence-corrected chi connectivity index (χ0v) is 14.0. The van der Waals surface area contributed by atoms with Gasteiger partial charge < -0.3 is 15.2 Å². The Morgan fingerprint density at radius 2 is 2.05 bits per heavy atom. The first kappa shape index (κ1) is 17.4. The maximum absolute atomic E-state index is 12.3. The van der Waals surface area contributed by atoms with E-state index in [4.69, 9.17) is 15.2 Å². The number of anilines is 1. The van der Waals surface area contributed by atoms with Crippen molar-refractivity contribution in [1.82, 2.24) is 4.72 Å². The minimum atomic E-state index is -3.64. The third kappa shape index (κ3) is 4.42. The molecule has 8 heteroatoms. The molecule has 0 fully saturated rings. The van der Waals surface area contributed by atoms with Crippen LogP contribution in [0.15, 0.2) is 21.5 Å². The van der Waals surface area contributed by atoms with E-state index in [-0.39, 0.29) is 17.5 Å². The summed E-state index contributed by atoms with van der Waals surface area (Å²) >= 11 is 3.26. The summed E-state index contributed by atoms with van der Waals surface area (Å²) in [6.45, 7) is 2.14. The van der Waals surface area contributed by atoms with Gasteiger partial charge in [-0.25, -0.2) is 13.1 Å². The molecule has 0 bridgehead atoms. The molecule has 1 aromatic carbocycles. The van der Waals surface area contributed by atoms with Crippen LogP contribution in [0.1, 0.15) is 5.56 Å². The van der Waals surface area contributed by atoms with Gasteiger partial charge in [0.05, 0.1) is 17.6 Å². The molecule has 0 aliphatic carbocycles. The standard InChI is InChI=1S/C12H19BrN2O4S/c1-8-4-10(13)11(14)5-12(8)20(16,17)15-6-9(19-3)7-18-2/h4-5,9,15H,6-7,14H2,1-3H3. The number of benzene rings is 1. The minimum absolute atomic E-state index is 0.127. The van der Waals surface area contributed by atoms with E-state index < -0.39 is 10.0 Å². The maximum atomic E-state index is 12.3. The van der Waals surface area contributed by atoms with Crippen molar-refractivity contribution in [2.24, 2.45) is 0 Å². The highest BCUT2D eigenvalue weighted by atomic mass is 79.9. The normalized spacial score (nSPS) is 13.4. The van der Waals surface area contributed by atoms with Crippen molar-refractivity contribution in [3.05, 3.63) is 22.2 Å². The van der Waals surface area contributed by atoms with Gasteiger partial charge in [0, 0.05) is 30.9 Å². The first-order valence-electron chi connectivity index (χ1n) is 5.88. The van der Waals surface area contributed by atoms with E-state index in [1.54, 1.807) is 13.0 Å². The van der Waals surface area contributed by atoms with E-state index in [0.29, 0.717) is 22.3 Å². The summed E-state index contributed by atoms with van der Waals surface area (Å²) in [6.07, 6.45) is -0.345. The zero-order valence-electron chi connectivity index (χ0n) is 11.6. The Hall–Kier alpha value is -0.670. The van der Waals surface area contributed by atoms with Crippen LogP contribution in [-0.4, -0.2) is 41.9 Å². The van der Waals surface area contributed by atoms with Gasteiger partial charge >= 0.3 is 0 Å². The number of aryl methyl sites for hydroxylation is 1. The fraction of sp³-hybridized carbons (Fsp3) is 0.500. The number of hydrogen-bond acceptors (Lipinski definition) is 5. The number of nitrogens with one attached hydrogen (secondary N) is 1. The predicted molar refractivity (Wildman–Crippen MR) is 81.2 cm³/mol. The summed E-state index contributed by atoms with van der Waals surface area (Å²) in [5.74, 6) is 0. The van der Waals surface area contributed by atoms with E-state index in [0.717, 1.165) is 0 Å². The first-order valence-corrected chi connectivity index (χ1v) is 8.16. The number of rotatable bonds is 7. The minimum Gasteiger partial charge on any atom is -0.398 e. The summed E-state index contributed by atoms with van der Waals surface area (Å²) in [5, 5.41) is 0. The molecule has 0 amide bonds. The zero-order chi connectivity index (χ0) is 15.3. The lowest BCUT2D eigenvalue weighted by Gasteiger charge is -2.16. The SMILES string of the molecule is COCC(CNS(=O)(=O)c1cc(N)c(Br)cc1C)OC. The monoisotopic (exact) mass is 366 g/mol. The van der Waals surface area contributed by atoms with Crippen LogP contribution >= 0.6 is 15.9 Å². The third-order valence-electron chi connectivity index (χ3n) is 2.77. The van der Waals surface area contributed by atoms with Gasteiger partial charge in [0.2, 0.25) is 10.0 Å². The van der Waals surface area contributed by atoms with Gasteiger partial charge in [-0.3, -0.25) is 0 Å². The van der Waals surface area contributed by atoms with Crippen LogP contribution in [0.4, 0.5) is 5.69 Å². The van der Waals surface area contributed by atoms with Gasteiger partial charge in [-0.15, -0.1) is 0 Å². The molecule has 114 valence electrons. The lowest BCUT2D eigenvalue weighted by Crippen LogP contribution is -2.35. The fourth-order valence-corrected chi connectivity index (χ4v) is 3.42. The molecule has 0 aliphatic rings. The molecule has 1 aromatic rings. The van der Waals surface area contributed by atoms with Crippen LogP contribution < -0.4 is 10.5 Å². The van der Waals surface area contributed by atoms with Crippen LogP contribution in [-0.2, 0) is 19.5 Å². The van der Waals surface area contributed by atoms with Crippen LogP contribution in [0.5, 0.6) is 0 Å². The van der Waals surface area contributed by atoms with Crippen LogP contribution in [0.25, 0.3) is 0 Å². The van der Waals surface area contributed by atoms with Gasteiger partial charge in [0.1, 0.15) is 0 Å². The molecular weight excluding hydrogens is 348 g/mol. The second-order valence-corrected chi connectivity index (χ2v) is 6.89. The molecule has 0 spiro atoms. The van der Waals surface area contributed by atoms with Crippen LogP contribution in [0, 0.1) is 6.92 Å². The highest BCUT2D eigenvalue weighted by molar-refractivity contribution is 9.10. The largest absolute Gasteiger partial charge is 0.398 e. The molecular formula is C12H19BrN2O4S. The van der Waals surface area contributed by atoms with Gasteiger partial charge in [-0.2, -0.15) is 0 Å². The number of sulfonamides is 1. The number of hydrogen-bond donors (Lipinski definition) is 2. The summed E-state index contributed by atoms with van der Waals surface area (Å²) in [4.78, 5) is 0.158. The average molecular weight is 367 g/mol. The number of ether oxygens (including phenoxy) is 2. The summed E-state index contributed by atoms with van der Waals surface area (Å²) in [5.41, 5.74) is 6.71. The van der Waals surface area contributed by atoms with E-state index in [9.17, 15) is 8.42 Å². The first-order chi connectivity index (χ1) is 9.31. The Bertz CT molecular complexity index is 563. The van der Waals surface area contributed by atoms with Crippen molar-refractivity contribution in [3.8, 4) is 0 Å². The quantitative estimate of drug-likeness (QED) is 0.709. The smallest absolute Gasteiger partial charge is 0.240 e. The molecule has 0 radical (unpaired) electrons. The molecule has 20 heavy (non-hydrogen) atoms. The van der Waals surface area contributed by atoms with E-state index in [1.165, 1.54) is 20.3 Å². The lowest BCUT2D eigenvalue weighted by atomic mass is 10.2. The van der Waals surface area contributed by atoms with Crippen LogP contribution in [0.3, 0.4) is 0 Å². The fourth-order valence-electron chi connectivity index (χ4n) is 1.63. The van der Waals surface area contributed by atoms with Crippen molar-refractivity contribution in [3.63, 3.8) is 0 Å². The van der Waals surface area contributed by atoms with E-state index in [2.05, 4.69) is 20.7 Å². The topological polar surface area (TPSA) is 90.7 Å². The third-order valence-corrected chi connectivity index (χ3v) is 5.02.